The van der Waals surface area contributed by atoms with Crippen LogP contribution < -0.4 is 0 Å². The molecule has 1 aromatic heterocycles. The SMILES string of the molecule is CCC1CN2CCCCC2CN1C(C)c1ccc(C)s1. The van der Waals surface area contributed by atoms with E-state index in [1.807, 2.05) is 11.3 Å². The normalized spacial score (nSPS) is 30.1. The van der Waals surface area contributed by atoms with E-state index in [1.165, 1.54) is 50.2 Å². The molecule has 0 saturated carbocycles. The summed E-state index contributed by atoms with van der Waals surface area (Å²) in [6.07, 6.45) is 5.52. The van der Waals surface area contributed by atoms with E-state index in [1.54, 1.807) is 4.88 Å². The number of nitrogens with zero attached hydrogens (tertiary/aromatic N) is 2. The van der Waals surface area contributed by atoms with E-state index >= 15 is 0 Å². The molecule has 3 heteroatoms. The molecule has 0 amide bonds. The monoisotopic (exact) mass is 292 g/mol. The molecule has 0 N–H and O–H groups in total. The van der Waals surface area contributed by atoms with Crippen LogP contribution in [0.1, 0.15) is 55.3 Å². The number of aryl methyl sites for hydroxylation is 1. The Morgan fingerprint density at radius 1 is 1.30 bits per heavy atom. The Labute approximate surface area is 127 Å². The summed E-state index contributed by atoms with van der Waals surface area (Å²) >= 11 is 1.98. The lowest BCUT2D eigenvalue weighted by molar-refractivity contribution is -0.0116. The third kappa shape index (κ3) is 2.81. The zero-order chi connectivity index (χ0) is 14.1. The van der Waals surface area contributed by atoms with Gasteiger partial charge in [-0.3, -0.25) is 9.80 Å². The zero-order valence-electron chi connectivity index (χ0n) is 13.1. The maximum atomic E-state index is 2.79. The second-order valence-corrected chi connectivity index (χ2v) is 7.85. The molecule has 3 rings (SSSR count). The highest BCUT2D eigenvalue weighted by molar-refractivity contribution is 7.12. The Kier molecular flexibility index (Phi) is 4.49. The van der Waals surface area contributed by atoms with Gasteiger partial charge in [-0.05, 0) is 51.8 Å². The topological polar surface area (TPSA) is 6.48 Å². The van der Waals surface area contributed by atoms with Gasteiger partial charge in [-0.25, -0.2) is 0 Å². The summed E-state index contributed by atoms with van der Waals surface area (Å²) in [6, 6.07) is 6.75. The van der Waals surface area contributed by atoms with Gasteiger partial charge in [-0.15, -0.1) is 11.3 Å². The van der Waals surface area contributed by atoms with Crippen molar-refractivity contribution in [2.75, 3.05) is 19.6 Å². The molecule has 0 bridgehead atoms. The van der Waals surface area contributed by atoms with Crippen molar-refractivity contribution in [1.82, 2.24) is 9.80 Å². The third-order valence-corrected chi connectivity index (χ3v) is 6.40. The molecule has 0 aromatic carbocycles. The predicted octanol–water partition coefficient (Wildman–Crippen LogP) is 4.07. The van der Waals surface area contributed by atoms with Gasteiger partial charge in [0.15, 0.2) is 0 Å². The number of thiophene rings is 1. The van der Waals surface area contributed by atoms with Crippen LogP contribution in [0.5, 0.6) is 0 Å². The van der Waals surface area contributed by atoms with Crippen LogP contribution in [0.4, 0.5) is 0 Å². The van der Waals surface area contributed by atoms with Gasteiger partial charge in [-0.1, -0.05) is 13.3 Å². The molecule has 2 fully saturated rings. The van der Waals surface area contributed by atoms with Crippen molar-refractivity contribution in [3.63, 3.8) is 0 Å². The van der Waals surface area contributed by atoms with E-state index in [0.29, 0.717) is 6.04 Å². The molecule has 3 heterocycles. The predicted molar refractivity (Wildman–Crippen MR) is 87.5 cm³/mol. The lowest BCUT2D eigenvalue weighted by atomic mass is 9.94. The van der Waals surface area contributed by atoms with Gasteiger partial charge in [0.2, 0.25) is 0 Å². The first-order valence-corrected chi connectivity index (χ1v) is 9.06. The summed E-state index contributed by atoms with van der Waals surface area (Å²) in [4.78, 5) is 8.54. The minimum Gasteiger partial charge on any atom is -0.298 e. The number of hydrogen-bond donors (Lipinski definition) is 0. The second-order valence-electron chi connectivity index (χ2n) is 6.53. The maximum absolute atomic E-state index is 2.79. The highest BCUT2D eigenvalue weighted by Crippen LogP contribution is 2.34. The molecular formula is C17H28N2S. The van der Waals surface area contributed by atoms with Gasteiger partial charge >= 0.3 is 0 Å². The lowest BCUT2D eigenvalue weighted by Crippen LogP contribution is -2.59. The van der Waals surface area contributed by atoms with Crippen molar-refractivity contribution in [3.05, 3.63) is 21.9 Å². The molecule has 1 aromatic rings. The molecular weight excluding hydrogens is 264 g/mol. The van der Waals surface area contributed by atoms with Gasteiger partial charge in [0, 0.05) is 41.0 Å². The highest BCUT2D eigenvalue weighted by Gasteiger charge is 2.36. The molecule has 0 radical (unpaired) electrons. The molecule has 20 heavy (non-hydrogen) atoms. The second kappa shape index (κ2) is 6.17. The van der Waals surface area contributed by atoms with Crippen molar-refractivity contribution < 1.29 is 0 Å². The first-order chi connectivity index (χ1) is 9.69. The minimum absolute atomic E-state index is 0.586. The molecule has 2 aliphatic rings. The quantitative estimate of drug-likeness (QED) is 0.828. The summed E-state index contributed by atoms with van der Waals surface area (Å²) in [6.45, 7) is 10.9. The number of piperazine rings is 1. The fourth-order valence-corrected chi connectivity index (χ4v) is 4.90. The summed E-state index contributed by atoms with van der Waals surface area (Å²) < 4.78 is 0. The fourth-order valence-electron chi connectivity index (χ4n) is 3.95. The average Bonchev–Trinajstić information content (AvgIpc) is 2.91. The van der Waals surface area contributed by atoms with E-state index < -0.39 is 0 Å². The first-order valence-electron chi connectivity index (χ1n) is 8.25. The van der Waals surface area contributed by atoms with E-state index in [0.717, 1.165) is 12.1 Å². The number of fused-ring (bicyclic) bond motifs is 1. The van der Waals surface area contributed by atoms with Crippen molar-refractivity contribution in [1.29, 1.82) is 0 Å². The van der Waals surface area contributed by atoms with Crippen LogP contribution in [-0.4, -0.2) is 41.5 Å². The van der Waals surface area contributed by atoms with Gasteiger partial charge in [-0.2, -0.15) is 0 Å². The van der Waals surface area contributed by atoms with Crippen LogP contribution in [0.3, 0.4) is 0 Å². The summed E-state index contributed by atoms with van der Waals surface area (Å²) in [7, 11) is 0. The van der Waals surface area contributed by atoms with Crippen molar-refractivity contribution in [2.24, 2.45) is 0 Å². The Bertz CT molecular complexity index is 442. The maximum Gasteiger partial charge on any atom is 0.0417 e. The largest absolute Gasteiger partial charge is 0.298 e. The molecule has 2 aliphatic heterocycles. The lowest BCUT2D eigenvalue weighted by Gasteiger charge is -2.50. The van der Waals surface area contributed by atoms with Crippen LogP contribution in [0, 0.1) is 6.92 Å². The first kappa shape index (κ1) is 14.6. The van der Waals surface area contributed by atoms with Gasteiger partial charge in [0.05, 0.1) is 0 Å². The van der Waals surface area contributed by atoms with Crippen LogP contribution in [0.2, 0.25) is 0 Å². The Balaban J connectivity index is 1.76. The molecule has 3 atom stereocenters. The van der Waals surface area contributed by atoms with Crippen molar-refractivity contribution in [3.8, 4) is 0 Å². The minimum atomic E-state index is 0.586. The molecule has 3 unspecified atom stereocenters. The number of rotatable bonds is 3. The van der Waals surface area contributed by atoms with Gasteiger partial charge < -0.3 is 0 Å². The average molecular weight is 292 g/mol. The van der Waals surface area contributed by atoms with Gasteiger partial charge in [0.1, 0.15) is 0 Å². The smallest absolute Gasteiger partial charge is 0.0417 e. The molecule has 0 spiro atoms. The van der Waals surface area contributed by atoms with Crippen LogP contribution in [0.15, 0.2) is 12.1 Å². The molecule has 0 aliphatic carbocycles. The van der Waals surface area contributed by atoms with Gasteiger partial charge in [0.25, 0.3) is 0 Å². The Morgan fingerprint density at radius 3 is 2.85 bits per heavy atom. The Morgan fingerprint density at radius 2 is 2.15 bits per heavy atom. The van der Waals surface area contributed by atoms with E-state index in [4.69, 9.17) is 0 Å². The van der Waals surface area contributed by atoms with Crippen molar-refractivity contribution in [2.45, 2.75) is 64.6 Å². The zero-order valence-corrected chi connectivity index (χ0v) is 14.0. The molecule has 2 nitrogen and oxygen atoms in total. The number of hydrogen-bond acceptors (Lipinski definition) is 3. The summed E-state index contributed by atoms with van der Waals surface area (Å²) in [5.41, 5.74) is 0. The van der Waals surface area contributed by atoms with Crippen LogP contribution in [0.25, 0.3) is 0 Å². The van der Waals surface area contributed by atoms with Crippen molar-refractivity contribution >= 4 is 11.3 Å². The van der Waals surface area contributed by atoms with E-state index in [2.05, 4.69) is 42.7 Å². The van der Waals surface area contributed by atoms with Crippen LogP contribution in [-0.2, 0) is 0 Å². The number of piperidine rings is 1. The molecule has 112 valence electrons. The van der Waals surface area contributed by atoms with E-state index in [-0.39, 0.29) is 0 Å². The Hall–Kier alpha value is -0.380. The summed E-state index contributed by atoms with van der Waals surface area (Å²) in [5, 5.41) is 0. The molecule has 2 saturated heterocycles. The van der Waals surface area contributed by atoms with Crippen LogP contribution >= 0.6 is 11.3 Å². The standard InChI is InChI=1S/C17H28N2S/c1-4-15-11-18-10-6-5-7-16(18)12-19(15)14(3)17-9-8-13(2)20-17/h8-9,14-16H,4-7,10-12H2,1-3H3. The van der Waals surface area contributed by atoms with E-state index in [9.17, 15) is 0 Å². The highest BCUT2D eigenvalue weighted by atomic mass is 32.1. The third-order valence-electron chi connectivity index (χ3n) is 5.23. The fraction of sp³-hybridized carbons (Fsp3) is 0.765. The summed E-state index contributed by atoms with van der Waals surface area (Å²) in [5.74, 6) is 0.